The lowest BCUT2D eigenvalue weighted by Crippen LogP contribution is -2.26. The molecule has 0 bridgehead atoms. The van der Waals surface area contributed by atoms with Crippen LogP contribution in [0.25, 0.3) is 16.7 Å². The van der Waals surface area contributed by atoms with Gasteiger partial charge in [-0.3, -0.25) is 14.0 Å². The number of imidazole rings is 1. The summed E-state index contributed by atoms with van der Waals surface area (Å²) in [5.74, 6) is 0.0268. The molecule has 9 heteroatoms. The molecule has 4 rings (SSSR count). The number of rotatable bonds is 7. The smallest absolute Gasteiger partial charge is 0.269 e. The third-order valence-electron chi connectivity index (χ3n) is 5.19. The van der Waals surface area contributed by atoms with Crippen molar-refractivity contribution in [3.63, 3.8) is 0 Å². The summed E-state index contributed by atoms with van der Waals surface area (Å²) in [5.41, 5.74) is 6.58. The van der Waals surface area contributed by atoms with Crippen molar-refractivity contribution in [1.82, 2.24) is 24.3 Å². The van der Waals surface area contributed by atoms with Gasteiger partial charge in [-0.15, -0.1) is 0 Å². The first kappa shape index (κ1) is 18.6. The highest BCUT2D eigenvalue weighted by atomic mass is 16.5. The number of methoxy groups -OCH3 is 1. The van der Waals surface area contributed by atoms with Gasteiger partial charge in [0.15, 0.2) is 5.69 Å². The monoisotopic (exact) mass is 384 g/mol. The minimum absolute atomic E-state index is 0.193. The van der Waals surface area contributed by atoms with Crippen molar-refractivity contribution in [1.29, 1.82) is 0 Å². The van der Waals surface area contributed by atoms with Crippen LogP contribution in [0.4, 0.5) is 0 Å². The summed E-state index contributed by atoms with van der Waals surface area (Å²) in [5, 5.41) is 5.41. The summed E-state index contributed by atoms with van der Waals surface area (Å²) >= 11 is 0. The van der Waals surface area contributed by atoms with Crippen molar-refractivity contribution in [3.8, 4) is 5.82 Å². The highest BCUT2D eigenvalue weighted by Crippen LogP contribution is 2.33. The summed E-state index contributed by atoms with van der Waals surface area (Å²) in [4.78, 5) is 20.6. The fraction of sp³-hybridized carbons (Fsp3) is 0.474. The Labute approximate surface area is 162 Å². The van der Waals surface area contributed by atoms with Gasteiger partial charge in [0, 0.05) is 24.9 Å². The van der Waals surface area contributed by atoms with Crippen LogP contribution in [0.1, 0.15) is 42.2 Å². The average Bonchev–Trinajstić information content (AvgIpc) is 3.38. The molecular weight excluding hydrogens is 360 g/mol. The molecule has 3 heterocycles. The number of pyridine rings is 1. The molecule has 0 unspecified atom stereocenters. The predicted octanol–water partition coefficient (Wildman–Crippen LogP) is 1.86. The van der Waals surface area contributed by atoms with E-state index in [1.165, 1.54) is 0 Å². The lowest BCUT2D eigenvalue weighted by Gasteiger charge is -2.29. The Balaban J connectivity index is 1.60. The molecule has 1 amide bonds. The zero-order valence-electron chi connectivity index (χ0n) is 15.8. The van der Waals surface area contributed by atoms with E-state index in [9.17, 15) is 4.79 Å². The number of amides is 1. The van der Waals surface area contributed by atoms with Crippen molar-refractivity contribution in [3.05, 3.63) is 36.7 Å². The van der Waals surface area contributed by atoms with Gasteiger partial charge >= 0.3 is 0 Å². The first-order chi connectivity index (χ1) is 13.7. The molecule has 3 aromatic rings. The number of aromatic nitrogens is 5. The number of carbonyl (C=O) groups excluding carboxylic acids is 1. The number of hydrogen-bond acceptors (Lipinski definition) is 6. The van der Waals surface area contributed by atoms with E-state index >= 15 is 0 Å². The Morgan fingerprint density at radius 2 is 2.11 bits per heavy atom. The minimum Gasteiger partial charge on any atom is -0.382 e. The van der Waals surface area contributed by atoms with E-state index in [1.807, 2.05) is 10.7 Å². The topological polar surface area (TPSA) is 110 Å². The molecule has 2 N–H and O–H groups in total. The zero-order valence-corrected chi connectivity index (χ0v) is 15.8. The molecule has 9 nitrogen and oxygen atoms in total. The maximum absolute atomic E-state index is 12.1. The number of ether oxygens (including phenoxy) is 2. The molecular formula is C19H24N6O3. The largest absolute Gasteiger partial charge is 0.382 e. The lowest BCUT2D eigenvalue weighted by atomic mass is 9.93. The Morgan fingerprint density at radius 1 is 1.29 bits per heavy atom. The van der Waals surface area contributed by atoms with Crippen LogP contribution in [0.5, 0.6) is 0 Å². The first-order valence-corrected chi connectivity index (χ1v) is 9.44. The van der Waals surface area contributed by atoms with Crippen LogP contribution >= 0.6 is 0 Å². The number of nitrogens with zero attached hydrogens (tertiary/aromatic N) is 5. The van der Waals surface area contributed by atoms with E-state index in [1.54, 1.807) is 36.6 Å². The number of fused-ring (bicyclic) bond motifs is 1. The minimum atomic E-state index is -0.565. The molecule has 3 aromatic heterocycles. The van der Waals surface area contributed by atoms with Crippen LogP contribution in [0.3, 0.4) is 0 Å². The fourth-order valence-electron chi connectivity index (χ4n) is 3.80. The highest BCUT2D eigenvalue weighted by molar-refractivity contribution is 6.03. The van der Waals surface area contributed by atoms with Gasteiger partial charge in [0.25, 0.3) is 5.91 Å². The SMILES string of the molecule is COCCOC1CCC(n2ncc3cc(-n4ccnc4)nc(C(N)=O)c32)CC1. The Bertz CT molecular complexity index is 944. The van der Waals surface area contributed by atoms with Gasteiger partial charge in [0.05, 0.1) is 31.6 Å². The number of carbonyl (C=O) groups is 1. The Hall–Kier alpha value is -2.78. The normalized spacial score (nSPS) is 19.9. The molecule has 1 saturated carbocycles. The van der Waals surface area contributed by atoms with Gasteiger partial charge in [-0.1, -0.05) is 0 Å². The van der Waals surface area contributed by atoms with Crippen LogP contribution in [0.2, 0.25) is 0 Å². The predicted molar refractivity (Wildman–Crippen MR) is 102 cm³/mol. The summed E-state index contributed by atoms with van der Waals surface area (Å²) in [6, 6.07) is 2.09. The first-order valence-electron chi connectivity index (χ1n) is 9.44. The summed E-state index contributed by atoms with van der Waals surface area (Å²) < 4.78 is 14.5. The molecule has 1 aliphatic carbocycles. The van der Waals surface area contributed by atoms with Crippen molar-refractivity contribution in [2.45, 2.75) is 37.8 Å². The fourth-order valence-corrected chi connectivity index (χ4v) is 3.80. The van der Waals surface area contributed by atoms with Crippen LogP contribution in [-0.2, 0) is 9.47 Å². The van der Waals surface area contributed by atoms with E-state index in [0.717, 1.165) is 31.1 Å². The zero-order chi connectivity index (χ0) is 19.5. The molecule has 0 aromatic carbocycles. The van der Waals surface area contributed by atoms with Gasteiger partial charge < -0.3 is 15.2 Å². The molecule has 148 valence electrons. The molecule has 28 heavy (non-hydrogen) atoms. The highest BCUT2D eigenvalue weighted by Gasteiger charge is 2.26. The average molecular weight is 384 g/mol. The van der Waals surface area contributed by atoms with Crippen molar-refractivity contribution in [2.75, 3.05) is 20.3 Å². The van der Waals surface area contributed by atoms with Crippen molar-refractivity contribution >= 4 is 16.8 Å². The van der Waals surface area contributed by atoms with E-state index in [4.69, 9.17) is 15.2 Å². The van der Waals surface area contributed by atoms with E-state index in [-0.39, 0.29) is 17.8 Å². The Kier molecular flexibility index (Phi) is 5.36. The molecule has 0 spiro atoms. The van der Waals surface area contributed by atoms with Crippen molar-refractivity contribution < 1.29 is 14.3 Å². The third kappa shape index (κ3) is 3.63. The number of nitrogens with two attached hydrogens (primary N) is 1. The van der Waals surface area contributed by atoms with Gasteiger partial charge in [0.1, 0.15) is 17.7 Å². The van der Waals surface area contributed by atoms with Gasteiger partial charge in [0.2, 0.25) is 0 Å². The van der Waals surface area contributed by atoms with Crippen LogP contribution in [-0.4, -0.2) is 56.7 Å². The van der Waals surface area contributed by atoms with E-state index < -0.39 is 5.91 Å². The lowest BCUT2D eigenvalue weighted by molar-refractivity contribution is -0.00690. The number of primary amides is 1. The second-order valence-electron chi connectivity index (χ2n) is 6.98. The van der Waals surface area contributed by atoms with Crippen molar-refractivity contribution in [2.24, 2.45) is 5.73 Å². The summed E-state index contributed by atoms with van der Waals surface area (Å²) in [6.45, 7) is 1.22. The second-order valence-corrected chi connectivity index (χ2v) is 6.98. The quantitative estimate of drug-likeness (QED) is 0.623. The molecule has 0 radical (unpaired) electrons. The maximum Gasteiger partial charge on any atom is 0.269 e. The molecule has 0 atom stereocenters. The second kappa shape index (κ2) is 8.07. The van der Waals surface area contributed by atoms with Crippen LogP contribution in [0, 0.1) is 0 Å². The summed E-state index contributed by atoms with van der Waals surface area (Å²) in [7, 11) is 1.67. The summed E-state index contributed by atoms with van der Waals surface area (Å²) in [6.07, 6.45) is 10.8. The molecule has 1 fully saturated rings. The standard InChI is InChI=1S/C19H24N6O3/c1-27-8-9-28-15-4-2-14(3-5-15)25-18-13(11-22-25)10-16(23-17(18)19(20)26)24-7-6-21-12-24/h6-7,10-12,14-15H,2-5,8-9H2,1H3,(H2,20,26). The van der Waals surface area contributed by atoms with Gasteiger partial charge in [-0.05, 0) is 31.7 Å². The number of hydrogen-bond donors (Lipinski definition) is 1. The third-order valence-corrected chi connectivity index (χ3v) is 5.19. The van der Waals surface area contributed by atoms with E-state index in [0.29, 0.717) is 24.5 Å². The molecule has 0 aliphatic heterocycles. The van der Waals surface area contributed by atoms with Gasteiger partial charge in [-0.2, -0.15) is 5.10 Å². The van der Waals surface area contributed by atoms with Crippen LogP contribution in [0.15, 0.2) is 31.0 Å². The Morgan fingerprint density at radius 3 is 2.79 bits per heavy atom. The molecule has 1 aliphatic rings. The van der Waals surface area contributed by atoms with Crippen LogP contribution < -0.4 is 5.73 Å². The van der Waals surface area contributed by atoms with E-state index in [2.05, 4.69) is 15.1 Å². The maximum atomic E-state index is 12.1. The van der Waals surface area contributed by atoms with Gasteiger partial charge in [-0.25, -0.2) is 9.97 Å². The molecule has 0 saturated heterocycles.